The van der Waals surface area contributed by atoms with Gasteiger partial charge >= 0.3 is 0 Å². The van der Waals surface area contributed by atoms with E-state index in [-0.39, 0.29) is 0 Å². The molecule has 0 saturated carbocycles. The first-order valence-electron chi connectivity index (χ1n) is 5.45. The highest BCUT2D eigenvalue weighted by Gasteiger charge is 2.09. The van der Waals surface area contributed by atoms with E-state index >= 15 is 0 Å². The van der Waals surface area contributed by atoms with Crippen LogP contribution in [0.25, 0.3) is 5.57 Å². The molecule has 0 atom stereocenters. The van der Waals surface area contributed by atoms with Crippen LogP contribution in [0.4, 0.5) is 5.69 Å². The maximum Gasteiger partial charge on any atom is 0.0727 e. The van der Waals surface area contributed by atoms with Crippen LogP contribution in [0.3, 0.4) is 0 Å². The summed E-state index contributed by atoms with van der Waals surface area (Å²) in [5.41, 5.74) is 2.35. The van der Waals surface area contributed by atoms with E-state index < -0.39 is 0 Å². The zero-order valence-electron chi connectivity index (χ0n) is 9.22. The van der Waals surface area contributed by atoms with Crippen molar-refractivity contribution in [2.75, 3.05) is 13.6 Å². The first-order valence-corrected chi connectivity index (χ1v) is 5.45. The molecule has 3 nitrogen and oxygen atoms in total. The molecule has 0 saturated heterocycles. The zero-order chi connectivity index (χ0) is 11.0. The molecular weight excluding hydrogens is 198 g/mol. The first-order chi connectivity index (χ1) is 7.84. The minimum Gasteiger partial charge on any atom is -0.379 e. The van der Waals surface area contributed by atoms with Crippen molar-refractivity contribution in [3.05, 3.63) is 41.2 Å². The van der Waals surface area contributed by atoms with Gasteiger partial charge in [-0.15, -0.1) is 0 Å². The second-order valence-corrected chi connectivity index (χ2v) is 4.11. The summed E-state index contributed by atoms with van der Waals surface area (Å²) in [6.45, 7) is 1.00. The van der Waals surface area contributed by atoms with Crippen LogP contribution >= 0.6 is 0 Å². The fraction of sp³-hybridized carbons (Fsp3) is 0.231. The number of benzene rings is 1. The average Bonchev–Trinajstić information content (AvgIpc) is 2.72. The van der Waals surface area contributed by atoms with E-state index in [9.17, 15) is 0 Å². The van der Waals surface area contributed by atoms with Gasteiger partial charge in [-0.05, 0) is 24.1 Å². The average molecular weight is 211 g/mol. The lowest BCUT2D eigenvalue weighted by atomic mass is 10.1. The maximum absolute atomic E-state index is 4.49. The van der Waals surface area contributed by atoms with Crippen LogP contribution in [0.5, 0.6) is 0 Å². The molecule has 0 N–H and O–H groups in total. The van der Waals surface area contributed by atoms with E-state index in [1.165, 1.54) is 10.8 Å². The summed E-state index contributed by atoms with van der Waals surface area (Å²) in [7, 11) is 2.07. The molecule has 0 aromatic heterocycles. The molecule has 2 aliphatic heterocycles. The van der Waals surface area contributed by atoms with Gasteiger partial charge in [0.15, 0.2) is 0 Å². The molecular formula is C13H13N3. The van der Waals surface area contributed by atoms with Crippen molar-refractivity contribution in [2.24, 2.45) is 9.98 Å². The van der Waals surface area contributed by atoms with E-state index in [0.29, 0.717) is 0 Å². The van der Waals surface area contributed by atoms with Crippen LogP contribution in [0.15, 0.2) is 40.6 Å². The molecule has 0 unspecified atom stereocenters. The predicted octanol–water partition coefficient (Wildman–Crippen LogP) is 0.980. The Hall–Kier alpha value is -1.90. The van der Waals surface area contributed by atoms with Crippen molar-refractivity contribution in [1.82, 2.24) is 4.90 Å². The third kappa shape index (κ3) is 1.45. The van der Waals surface area contributed by atoms with Gasteiger partial charge in [0.25, 0.3) is 0 Å². The summed E-state index contributed by atoms with van der Waals surface area (Å²) in [5, 5.41) is 2.24. The molecule has 1 aromatic rings. The molecule has 16 heavy (non-hydrogen) atoms. The van der Waals surface area contributed by atoms with Gasteiger partial charge in [0, 0.05) is 37.4 Å². The Balaban J connectivity index is 2.31. The third-order valence-corrected chi connectivity index (χ3v) is 2.97. The van der Waals surface area contributed by atoms with Crippen molar-refractivity contribution >= 4 is 17.5 Å². The minimum atomic E-state index is 1.00. The zero-order valence-corrected chi connectivity index (χ0v) is 9.22. The third-order valence-electron chi connectivity index (χ3n) is 2.97. The maximum atomic E-state index is 4.49. The van der Waals surface area contributed by atoms with Crippen LogP contribution < -0.4 is 10.6 Å². The van der Waals surface area contributed by atoms with E-state index in [4.69, 9.17) is 0 Å². The highest BCUT2D eigenvalue weighted by Crippen LogP contribution is 2.13. The summed E-state index contributed by atoms with van der Waals surface area (Å²) < 4.78 is 0. The molecule has 1 aromatic carbocycles. The summed E-state index contributed by atoms with van der Waals surface area (Å²) in [5.74, 6) is 0. The SMILES string of the molecule is CN1C=CN=c2cccc3c2=C(C=N3)CC1. The molecule has 0 spiro atoms. The van der Waals surface area contributed by atoms with Crippen LogP contribution in [-0.4, -0.2) is 24.7 Å². The van der Waals surface area contributed by atoms with E-state index in [1.807, 2.05) is 36.8 Å². The molecule has 3 rings (SSSR count). The number of nitrogens with zero attached hydrogens (tertiary/aromatic N) is 3. The van der Waals surface area contributed by atoms with Crippen LogP contribution in [0.1, 0.15) is 6.42 Å². The Morgan fingerprint density at radius 3 is 3.19 bits per heavy atom. The van der Waals surface area contributed by atoms with Gasteiger partial charge in [0.05, 0.1) is 11.0 Å². The highest BCUT2D eigenvalue weighted by atomic mass is 15.1. The molecule has 0 radical (unpaired) electrons. The summed E-state index contributed by atoms with van der Waals surface area (Å²) in [6.07, 6.45) is 6.86. The molecule has 0 fully saturated rings. The Bertz CT molecular complexity index is 596. The van der Waals surface area contributed by atoms with E-state index in [2.05, 4.69) is 21.9 Å². The summed E-state index contributed by atoms with van der Waals surface area (Å²) in [4.78, 5) is 11.1. The Kier molecular flexibility index (Phi) is 2.10. The largest absolute Gasteiger partial charge is 0.379 e. The molecule has 0 bridgehead atoms. The van der Waals surface area contributed by atoms with Crippen molar-refractivity contribution in [3.63, 3.8) is 0 Å². The van der Waals surface area contributed by atoms with Crippen molar-refractivity contribution in [2.45, 2.75) is 6.42 Å². The van der Waals surface area contributed by atoms with Gasteiger partial charge in [0.1, 0.15) is 0 Å². The molecule has 3 heteroatoms. The smallest absolute Gasteiger partial charge is 0.0727 e. The van der Waals surface area contributed by atoms with Crippen molar-refractivity contribution < 1.29 is 0 Å². The highest BCUT2D eigenvalue weighted by molar-refractivity contribution is 6.06. The lowest BCUT2D eigenvalue weighted by Gasteiger charge is -2.11. The van der Waals surface area contributed by atoms with E-state index in [0.717, 1.165) is 24.0 Å². The van der Waals surface area contributed by atoms with Gasteiger partial charge in [-0.1, -0.05) is 6.07 Å². The molecule has 0 aliphatic carbocycles. The predicted molar refractivity (Wildman–Crippen MR) is 65.2 cm³/mol. The fourth-order valence-corrected chi connectivity index (χ4v) is 2.07. The van der Waals surface area contributed by atoms with Crippen LogP contribution in [0.2, 0.25) is 0 Å². The van der Waals surface area contributed by atoms with Crippen LogP contribution in [0, 0.1) is 0 Å². The second-order valence-electron chi connectivity index (χ2n) is 4.11. The van der Waals surface area contributed by atoms with Gasteiger partial charge in [-0.3, -0.25) is 9.98 Å². The molecule has 2 aliphatic rings. The van der Waals surface area contributed by atoms with E-state index in [1.54, 1.807) is 0 Å². The molecule has 0 amide bonds. The monoisotopic (exact) mass is 211 g/mol. The van der Waals surface area contributed by atoms with Crippen molar-refractivity contribution in [3.8, 4) is 0 Å². The Morgan fingerprint density at radius 2 is 2.25 bits per heavy atom. The quantitative estimate of drug-likeness (QED) is 0.628. The molecule has 2 heterocycles. The van der Waals surface area contributed by atoms with Crippen molar-refractivity contribution in [1.29, 1.82) is 0 Å². The fourth-order valence-electron chi connectivity index (χ4n) is 2.07. The Morgan fingerprint density at radius 1 is 1.31 bits per heavy atom. The second kappa shape index (κ2) is 3.59. The van der Waals surface area contributed by atoms with Gasteiger partial charge in [0.2, 0.25) is 0 Å². The topological polar surface area (TPSA) is 28.0 Å². The minimum absolute atomic E-state index is 1.00. The lowest BCUT2D eigenvalue weighted by molar-refractivity contribution is 0.468. The standard InChI is InChI=1S/C13H13N3/c1-16-7-5-10-9-15-12-4-2-3-11(13(10)12)14-6-8-16/h2-4,6,8-9H,5,7H2,1H3. The first kappa shape index (κ1) is 9.33. The number of aliphatic imine (C=N–C) groups is 1. The summed E-state index contributed by atoms with van der Waals surface area (Å²) >= 11 is 0. The number of hydrogen-bond acceptors (Lipinski definition) is 3. The van der Waals surface area contributed by atoms with Gasteiger partial charge < -0.3 is 4.90 Å². The molecule has 80 valence electrons. The Labute approximate surface area is 94.1 Å². The number of hydrogen-bond donors (Lipinski definition) is 0. The number of rotatable bonds is 0. The summed E-state index contributed by atoms with van der Waals surface area (Å²) in [6, 6.07) is 6.10. The van der Waals surface area contributed by atoms with Gasteiger partial charge in [-0.25, -0.2) is 0 Å². The van der Waals surface area contributed by atoms with Gasteiger partial charge in [-0.2, -0.15) is 0 Å². The lowest BCUT2D eigenvalue weighted by Crippen LogP contribution is -2.26. The van der Waals surface area contributed by atoms with Crippen LogP contribution in [-0.2, 0) is 0 Å². The normalized spacial score (nSPS) is 17.6.